The molecule has 0 aromatic heterocycles. The van der Waals surface area contributed by atoms with Gasteiger partial charge in [-0.05, 0) is 30.9 Å². The number of methoxy groups -OCH3 is 1. The highest BCUT2D eigenvalue weighted by atomic mass is 16.5. The predicted octanol–water partition coefficient (Wildman–Crippen LogP) is 1.87. The summed E-state index contributed by atoms with van der Waals surface area (Å²) >= 11 is 0. The quantitative estimate of drug-likeness (QED) is 0.700. The third-order valence-corrected chi connectivity index (χ3v) is 6.68. The van der Waals surface area contributed by atoms with Gasteiger partial charge in [0.05, 0.1) is 11.7 Å². The summed E-state index contributed by atoms with van der Waals surface area (Å²) in [6.45, 7) is 6.58. The normalized spacial score (nSPS) is 31.1. The molecule has 3 aliphatic heterocycles. The van der Waals surface area contributed by atoms with Gasteiger partial charge in [0, 0.05) is 45.1 Å². The van der Waals surface area contributed by atoms with E-state index in [0.29, 0.717) is 31.1 Å². The summed E-state index contributed by atoms with van der Waals surface area (Å²) in [6.07, 6.45) is 3.52. The Kier molecular flexibility index (Phi) is 5.90. The van der Waals surface area contributed by atoms with Gasteiger partial charge in [-0.1, -0.05) is 25.1 Å². The molecule has 1 amide bonds. The van der Waals surface area contributed by atoms with Crippen molar-refractivity contribution in [1.29, 1.82) is 0 Å². The van der Waals surface area contributed by atoms with Crippen molar-refractivity contribution >= 4 is 5.91 Å². The average molecular weight is 389 g/mol. The minimum Gasteiger partial charge on any atom is -0.492 e. The SMILES string of the molecule is CCc1ccccc1OCCN1C[C@@H]2[C@H](CNC(=O)COC)[C@H]3CC[C@]2(C1)O3. The van der Waals surface area contributed by atoms with Crippen molar-refractivity contribution in [2.24, 2.45) is 11.8 Å². The predicted molar refractivity (Wildman–Crippen MR) is 106 cm³/mol. The molecule has 0 aliphatic carbocycles. The van der Waals surface area contributed by atoms with Crippen LogP contribution in [0.5, 0.6) is 5.75 Å². The topological polar surface area (TPSA) is 60.0 Å². The monoisotopic (exact) mass is 388 g/mol. The molecule has 2 bridgehead atoms. The van der Waals surface area contributed by atoms with Crippen LogP contribution in [0, 0.1) is 11.8 Å². The summed E-state index contributed by atoms with van der Waals surface area (Å²) in [5.41, 5.74) is 1.25. The van der Waals surface area contributed by atoms with Crippen molar-refractivity contribution in [2.45, 2.75) is 37.9 Å². The van der Waals surface area contributed by atoms with Crippen LogP contribution in [0.3, 0.4) is 0 Å². The fraction of sp³-hybridized carbons (Fsp3) is 0.682. The second-order valence-corrected chi connectivity index (χ2v) is 8.31. The molecule has 6 heteroatoms. The van der Waals surface area contributed by atoms with Crippen LogP contribution in [0.2, 0.25) is 0 Å². The Labute approximate surface area is 167 Å². The van der Waals surface area contributed by atoms with Crippen molar-refractivity contribution in [3.63, 3.8) is 0 Å². The van der Waals surface area contributed by atoms with Gasteiger partial charge in [0.1, 0.15) is 19.0 Å². The van der Waals surface area contributed by atoms with Crippen LogP contribution >= 0.6 is 0 Å². The van der Waals surface area contributed by atoms with E-state index in [0.717, 1.165) is 44.6 Å². The van der Waals surface area contributed by atoms with E-state index in [9.17, 15) is 4.79 Å². The van der Waals surface area contributed by atoms with Gasteiger partial charge in [0.2, 0.25) is 5.91 Å². The van der Waals surface area contributed by atoms with Crippen LogP contribution in [0.1, 0.15) is 25.3 Å². The van der Waals surface area contributed by atoms with E-state index in [1.807, 2.05) is 6.07 Å². The fourth-order valence-electron chi connectivity index (χ4n) is 5.37. The first kappa shape index (κ1) is 19.7. The largest absolute Gasteiger partial charge is 0.492 e. The highest BCUT2D eigenvalue weighted by Gasteiger charge is 2.62. The lowest BCUT2D eigenvalue weighted by Crippen LogP contribution is -2.42. The second kappa shape index (κ2) is 8.39. The standard InChI is InChI=1S/C22H32N2O4/c1-3-16-6-4-5-7-19(16)27-11-10-24-13-18-17(12-23-21(25)14-26-2)20-8-9-22(18,15-24)28-20/h4-7,17-18,20H,3,8-15H2,1-2H3,(H,23,25)/t17-,18+,20+,22+/m0/s1. The molecule has 4 rings (SSSR count). The Morgan fingerprint density at radius 2 is 2.25 bits per heavy atom. The van der Waals surface area contributed by atoms with E-state index in [4.69, 9.17) is 14.2 Å². The number of para-hydroxylation sites is 1. The third-order valence-electron chi connectivity index (χ3n) is 6.68. The Balaban J connectivity index is 1.30. The van der Waals surface area contributed by atoms with Gasteiger partial charge in [-0.2, -0.15) is 0 Å². The first-order valence-corrected chi connectivity index (χ1v) is 10.5. The number of hydrogen-bond donors (Lipinski definition) is 1. The molecule has 3 aliphatic rings. The number of carbonyl (C=O) groups excluding carboxylic acids is 1. The fourth-order valence-corrected chi connectivity index (χ4v) is 5.37. The van der Waals surface area contributed by atoms with Crippen molar-refractivity contribution in [2.75, 3.05) is 46.5 Å². The number of fused-ring (bicyclic) bond motifs is 1. The van der Waals surface area contributed by atoms with Crippen LogP contribution in [0.25, 0.3) is 0 Å². The van der Waals surface area contributed by atoms with E-state index in [2.05, 4.69) is 35.3 Å². The Morgan fingerprint density at radius 1 is 1.39 bits per heavy atom. The minimum absolute atomic E-state index is 0.0113. The maximum atomic E-state index is 11.8. The van der Waals surface area contributed by atoms with E-state index in [1.165, 1.54) is 5.56 Å². The van der Waals surface area contributed by atoms with E-state index >= 15 is 0 Å². The number of rotatable bonds is 9. The van der Waals surface area contributed by atoms with Crippen molar-refractivity contribution < 1.29 is 19.0 Å². The molecule has 0 saturated carbocycles. The van der Waals surface area contributed by atoms with Gasteiger partial charge >= 0.3 is 0 Å². The minimum atomic E-state index is -0.0443. The first-order chi connectivity index (χ1) is 13.6. The van der Waals surface area contributed by atoms with Crippen molar-refractivity contribution in [1.82, 2.24) is 10.2 Å². The number of likely N-dealkylation sites (tertiary alicyclic amines) is 1. The molecule has 1 N–H and O–H groups in total. The molecule has 1 aromatic rings. The average Bonchev–Trinajstić information content (AvgIpc) is 3.35. The second-order valence-electron chi connectivity index (χ2n) is 8.31. The molecular formula is C22H32N2O4. The van der Waals surface area contributed by atoms with Crippen LogP contribution in [-0.2, 0) is 20.7 Å². The van der Waals surface area contributed by atoms with Crippen LogP contribution < -0.4 is 10.1 Å². The number of nitrogens with one attached hydrogen (secondary N) is 1. The van der Waals surface area contributed by atoms with Crippen molar-refractivity contribution in [3.05, 3.63) is 29.8 Å². The van der Waals surface area contributed by atoms with Gasteiger partial charge in [-0.3, -0.25) is 9.69 Å². The summed E-state index contributed by atoms with van der Waals surface area (Å²) < 4.78 is 17.4. The van der Waals surface area contributed by atoms with Crippen LogP contribution in [0.15, 0.2) is 24.3 Å². The molecule has 1 aromatic carbocycles. The summed E-state index contributed by atoms with van der Waals surface area (Å²) in [6, 6.07) is 8.28. The zero-order valence-corrected chi connectivity index (χ0v) is 17.0. The van der Waals surface area contributed by atoms with E-state index < -0.39 is 0 Å². The smallest absolute Gasteiger partial charge is 0.245 e. The van der Waals surface area contributed by atoms with Crippen LogP contribution in [-0.4, -0.2) is 69.0 Å². The highest BCUT2D eigenvalue weighted by molar-refractivity contribution is 5.77. The van der Waals surface area contributed by atoms with E-state index in [1.54, 1.807) is 7.11 Å². The number of nitrogens with zero attached hydrogens (tertiary/aromatic N) is 1. The van der Waals surface area contributed by atoms with Gasteiger partial charge in [-0.25, -0.2) is 0 Å². The maximum absolute atomic E-state index is 11.8. The number of ether oxygens (including phenoxy) is 3. The molecular weight excluding hydrogens is 356 g/mol. The van der Waals surface area contributed by atoms with Gasteiger partial charge < -0.3 is 19.5 Å². The first-order valence-electron chi connectivity index (χ1n) is 10.5. The lowest BCUT2D eigenvalue weighted by atomic mass is 9.73. The van der Waals surface area contributed by atoms with Gasteiger partial charge in [-0.15, -0.1) is 0 Å². The Hall–Kier alpha value is -1.63. The summed E-state index contributed by atoms with van der Waals surface area (Å²) in [7, 11) is 1.55. The molecule has 0 radical (unpaired) electrons. The number of aryl methyl sites for hydroxylation is 1. The third kappa shape index (κ3) is 3.78. The lowest BCUT2D eigenvalue weighted by molar-refractivity contribution is -0.125. The van der Waals surface area contributed by atoms with Gasteiger partial charge in [0.25, 0.3) is 0 Å². The molecule has 1 spiro atoms. The zero-order valence-electron chi connectivity index (χ0n) is 17.0. The molecule has 3 saturated heterocycles. The molecule has 6 nitrogen and oxygen atoms in total. The molecule has 3 fully saturated rings. The molecule has 4 atom stereocenters. The number of benzene rings is 1. The van der Waals surface area contributed by atoms with Gasteiger partial charge in [0.15, 0.2) is 0 Å². The van der Waals surface area contributed by atoms with Crippen LogP contribution in [0.4, 0.5) is 0 Å². The Morgan fingerprint density at radius 3 is 3.07 bits per heavy atom. The van der Waals surface area contributed by atoms with E-state index in [-0.39, 0.29) is 18.1 Å². The number of amides is 1. The lowest BCUT2D eigenvalue weighted by Gasteiger charge is -2.29. The zero-order chi connectivity index (χ0) is 19.6. The molecule has 0 unspecified atom stereocenters. The highest BCUT2D eigenvalue weighted by Crippen LogP contribution is 2.54. The van der Waals surface area contributed by atoms with Crippen molar-refractivity contribution in [3.8, 4) is 5.75 Å². The molecule has 28 heavy (non-hydrogen) atoms. The maximum Gasteiger partial charge on any atom is 0.245 e. The molecule has 154 valence electrons. The summed E-state index contributed by atoms with van der Waals surface area (Å²) in [5, 5.41) is 3.02. The molecule has 3 heterocycles. The Bertz CT molecular complexity index is 697. The summed E-state index contributed by atoms with van der Waals surface area (Å²) in [4.78, 5) is 14.3. The summed E-state index contributed by atoms with van der Waals surface area (Å²) in [5.74, 6) is 1.86. The number of hydrogen-bond acceptors (Lipinski definition) is 5. The number of carbonyl (C=O) groups is 1.